The highest BCUT2D eigenvalue weighted by atomic mass is 32.1. The van der Waals surface area contributed by atoms with Crippen LogP contribution in [0, 0.1) is 29.9 Å². The lowest BCUT2D eigenvalue weighted by Crippen LogP contribution is -2.20. The van der Waals surface area contributed by atoms with Gasteiger partial charge in [-0.05, 0) is 55.9 Å². The Hall–Kier alpha value is -3.68. The van der Waals surface area contributed by atoms with Crippen LogP contribution in [0.4, 0.5) is 5.82 Å². The van der Waals surface area contributed by atoms with Gasteiger partial charge in [0, 0.05) is 24.7 Å². The largest absolute Gasteiger partial charge is 0.497 e. The number of nitrogens with one attached hydrogen (secondary N) is 1. The highest BCUT2D eigenvalue weighted by Gasteiger charge is 2.19. The van der Waals surface area contributed by atoms with Crippen molar-refractivity contribution in [3.8, 4) is 23.4 Å². The molecule has 0 spiro atoms. The standard InChI is InChI=1S/C22H23N5O4S/c1-13-14(2)27(15-5-7-16(31-4)8-6-15)19(17(13)11-23)24-12-18-20(28)25-22(32)26(21(18)29)9-10-30-3/h5-8,12,29H,9-10H2,1-4H3,(H,25,28,32)/b24-12+. The van der Waals surface area contributed by atoms with Gasteiger partial charge in [-0.3, -0.25) is 18.9 Å². The van der Waals surface area contributed by atoms with Crippen molar-refractivity contribution in [2.24, 2.45) is 4.99 Å². The third kappa shape index (κ3) is 4.21. The lowest BCUT2D eigenvalue weighted by molar-refractivity contribution is 0.182. The monoisotopic (exact) mass is 453 g/mol. The molecule has 0 amide bonds. The van der Waals surface area contributed by atoms with E-state index in [0.29, 0.717) is 23.7 Å². The Morgan fingerprint density at radius 2 is 1.97 bits per heavy atom. The van der Waals surface area contributed by atoms with E-state index in [4.69, 9.17) is 21.7 Å². The average Bonchev–Trinajstić information content (AvgIpc) is 3.02. The average molecular weight is 454 g/mol. The van der Waals surface area contributed by atoms with Crippen LogP contribution in [0.1, 0.15) is 22.4 Å². The minimum absolute atomic E-state index is 0.0728. The van der Waals surface area contributed by atoms with E-state index in [-0.39, 0.29) is 22.8 Å². The number of H-pyrrole nitrogens is 1. The summed E-state index contributed by atoms with van der Waals surface area (Å²) in [7, 11) is 3.11. The van der Waals surface area contributed by atoms with Gasteiger partial charge in [0.2, 0.25) is 5.88 Å². The minimum atomic E-state index is -0.584. The number of aromatic amines is 1. The second-order valence-corrected chi connectivity index (χ2v) is 7.34. The molecular weight excluding hydrogens is 430 g/mol. The lowest BCUT2D eigenvalue weighted by atomic mass is 10.2. The predicted molar refractivity (Wildman–Crippen MR) is 123 cm³/mol. The predicted octanol–water partition coefficient (Wildman–Crippen LogP) is 3.30. The van der Waals surface area contributed by atoms with Crippen LogP contribution in [-0.4, -0.2) is 46.3 Å². The molecule has 0 aliphatic carbocycles. The maximum absolute atomic E-state index is 12.5. The molecule has 0 atom stereocenters. The molecule has 1 aromatic carbocycles. The molecule has 2 heterocycles. The lowest BCUT2D eigenvalue weighted by Gasteiger charge is -2.11. The molecule has 0 saturated heterocycles. The van der Waals surface area contributed by atoms with Crippen LogP contribution in [-0.2, 0) is 11.3 Å². The number of aromatic hydroxyl groups is 1. The van der Waals surface area contributed by atoms with Gasteiger partial charge < -0.3 is 14.6 Å². The summed E-state index contributed by atoms with van der Waals surface area (Å²) in [5.41, 5.74) is 2.08. The van der Waals surface area contributed by atoms with Crippen molar-refractivity contribution in [3.05, 3.63) is 61.8 Å². The molecule has 10 heteroatoms. The zero-order valence-corrected chi connectivity index (χ0v) is 19.0. The normalized spacial score (nSPS) is 11.1. The van der Waals surface area contributed by atoms with Gasteiger partial charge in [-0.25, -0.2) is 4.99 Å². The highest BCUT2D eigenvalue weighted by molar-refractivity contribution is 7.71. The fraction of sp³-hybridized carbons (Fsp3) is 0.273. The SMILES string of the molecule is COCCn1c(O)c(/C=N/c2c(C#N)c(C)c(C)n2-c2ccc(OC)cc2)c(=O)[nH]c1=S. The molecule has 0 radical (unpaired) electrons. The van der Waals surface area contributed by atoms with Gasteiger partial charge in [0.1, 0.15) is 17.4 Å². The van der Waals surface area contributed by atoms with Gasteiger partial charge in [0.25, 0.3) is 5.56 Å². The molecule has 0 bridgehead atoms. The molecule has 166 valence electrons. The molecule has 3 rings (SSSR count). The summed E-state index contributed by atoms with van der Waals surface area (Å²) in [6.45, 7) is 4.26. The molecular formula is C22H23N5O4S. The van der Waals surface area contributed by atoms with E-state index >= 15 is 0 Å². The Labute approximate surface area is 189 Å². The number of hydrogen-bond donors (Lipinski definition) is 2. The highest BCUT2D eigenvalue weighted by Crippen LogP contribution is 2.32. The summed E-state index contributed by atoms with van der Waals surface area (Å²) in [6, 6.07) is 9.49. The van der Waals surface area contributed by atoms with E-state index in [0.717, 1.165) is 16.9 Å². The van der Waals surface area contributed by atoms with E-state index in [1.165, 1.54) is 17.9 Å². The van der Waals surface area contributed by atoms with Crippen LogP contribution in [0.5, 0.6) is 11.6 Å². The molecule has 0 aliphatic rings. The Morgan fingerprint density at radius 3 is 2.56 bits per heavy atom. The Morgan fingerprint density at radius 1 is 1.28 bits per heavy atom. The number of hydrogen-bond acceptors (Lipinski definition) is 7. The third-order valence-corrected chi connectivity index (χ3v) is 5.50. The topological polar surface area (TPSA) is 118 Å². The Kier molecular flexibility index (Phi) is 6.92. The Bertz CT molecular complexity index is 1330. The summed E-state index contributed by atoms with van der Waals surface area (Å²) in [5, 5.41) is 20.4. The third-order valence-electron chi connectivity index (χ3n) is 5.17. The number of ether oxygens (including phenoxy) is 2. The van der Waals surface area contributed by atoms with Crippen molar-refractivity contribution in [3.63, 3.8) is 0 Å². The first-order valence-corrected chi connectivity index (χ1v) is 10.1. The first-order chi connectivity index (χ1) is 15.3. The van der Waals surface area contributed by atoms with Crippen LogP contribution < -0.4 is 10.3 Å². The zero-order chi connectivity index (χ0) is 23.4. The number of rotatable bonds is 7. The number of nitrogens with zero attached hydrogens (tertiary/aromatic N) is 4. The summed E-state index contributed by atoms with van der Waals surface area (Å²) < 4.78 is 13.5. The van der Waals surface area contributed by atoms with Gasteiger partial charge in [0.15, 0.2) is 10.6 Å². The van der Waals surface area contributed by atoms with Crippen molar-refractivity contribution < 1.29 is 14.6 Å². The molecule has 0 aliphatic heterocycles. The number of aliphatic imine (C=N–C) groups is 1. The van der Waals surface area contributed by atoms with E-state index in [1.807, 2.05) is 30.5 Å². The molecule has 3 aromatic rings. The molecule has 2 N–H and O–H groups in total. The molecule has 0 saturated carbocycles. The van der Waals surface area contributed by atoms with Gasteiger partial charge in [-0.2, -0.15) is 5.26 Å². The molecule has 32 heavy (non-hydrogen) atoms. The van der Waals surface area contributed by atoms with Crippen molar-refractivity contribution in [1.82, 2.24) is 14.1 Å². The van der Waals surface area contributed by atoms with Crippen LogP contribution >= 0.6 is 12.2 Å². The second-order valence-electron chi connectivity index (χ2n) is 6.95. The summed E-state index contributed by atoms with van der Waals surface area (Å²) in [5.74, 6) is 0.716. The molecule has 0 unspecified atom stereocenters. The quantitative estimate of drug-likeness (QED) is 0.419. The fourth-order valence-corrected chi connectivity index (χ4v) is 3.57. The molecule has 0 fully saturated rings. The van der Waals surface area contributed by atoms with Gasteiger partial charge in [-0.1, -0.05) is 0 Å². The number of methoxy groups -OCH3 is 2. The number of benzene rings is 1. The van der Waals surface area contributed by atoms with Crippen LogP contribution in [0.3, 0.4) is 0 Å². The summed E-state index contributed by atoms with van der Waals surface area (Å²) in [6.07, 6.45) is 1.24. The minimum Gasteiger partial charge on any atom is -0.497 e. The van der Waals surface area contributed by atoms with E-state index < -0.39 is 5.56 Å². The van der Waals surface area contributed by atoms with E-state index in [1.54, 1.807) is 19.2 Å². The molecule has 9 nitrogen and oxygen atoms in total. The van der Waals surface area contributed by atoms with Crippen molar-refractivity contribution in [2.75, 3.05) is 20.8 Å². The first-order valence-electron chi connectivity index (χ1n) is 9.69. The zero-order valence-electron chi connectivity index (χ0n) is 18.2. The van der Waals surface area contributed by atoms with Gasteiger partial charge in [-0.15, -0.1) is 0 Å². The summed E-state index contributed by atoms with van der Waals surface area (Å²) in [4.78, 5) is 19.4. The van der Waals surface area contributed by atoms with Crippen molar-refractivity contribution in [2.45, 2.75) is 20.4 Å². The maximum atomic E-state index is 12.5. The van der Waals surface area contributed by atoms with E-state index in [9.17, 15) is 15.2 Å². The maximum Gasteiger partial charge on any atom is 0.264 e. The van der Waals surface area contributed by atoms with Crippen LogP contribution in [0.2, 0.25) is 0 Å². The number of nitriles is 1. The summed E-state index contributed by atoms with van der Waals surface area (Å²) >= 11 is 5.13. The van der Waals surface area contributed by atoms with Crippen LogP contribution in [0.15, 0.2) is 34.1 Å². The Balaban J connectivity index is 2.17. The van der Waals surface area contributed by atoms with Crippen LogP contribution in [0.25, 0.3) is 5.69 Å². The van der Waals surface area contributed by atoms with Crippen molar-refractivity contribution >= 4 is 24.3 Å². The smallest absolute Gasteiger partial charge is 0.264 e. The second kappa shape index (κ2) is 9.64. The molecule has 2 aromatic heterocycles. The van der Waals surface area contributed by atoms with Gasteiger partial charge >= 0.3 is 0 Å². The van der Waals surface area contributed by atoms with Gasteiger partial charge in [0.05, 0.1) is 25.8 Å². The number of aromatic nitrogens is 3. The fourth-order valence-electron chi connectivity index (χ4n) is 3.30. The first kappa shape index (κ1) is 23.0. The van der Waals surface area contributed by atoms with E-state index in [2.05, 4.69) is 16.0 Å². The van der Waals surface area contributed by atoms with Crippen molar-refractivity contribution in [1.29, 1.82) is 5.26 Å².